The highest BCUT2D eigenvalue weighted by molar-refractivity contribution is 5.79. The Labute approximate surface area is 235 Å². The van der Waals surface area contributed by atoms with E-state index in [2.05, 4.69) is 6.92 Å². The van der Waals surface area contributed by atoms with Crippen LogP contribution in [0.15, 0.2) is 36.4 Å². The van der Waals surface area contributed by atoms with Gasteiger partial charge in [-0.25, -0.2) is 0 Å². The first-order valence-electron chi connectivity index (χ1n) is 14.0. The highest BCUT2D eigenvalue weighted by Gasteiger charge is 2.47. The number of carbonyl (C=O) groups is 2. The first kappa shape index (κ1) is 29.6. The van der Waals surface area contributed by atoms with Gasteiger partial charge in [0.1, 0.15) is 5.75 Å². The van der Waals surface area contributed by atoms with E-state index in [1.54, 1.807) is 18.1 Å². The summed E-state index contributed by atoms with van der Waals surface area (Å²) in [7, 11) is 1.62. The maximum absolute atomic E-state index is 13.5. The van der Waals surface area contributed by atoms with E-state index in [-0.39, 0.29) is 25.9 Å². The lowest BCUT2D eigenvalue weighted by Crippen LogP contribution is -2.45. The summed E-state index contributed by atoms with van der Waals surface area (Å²) >= 11 is 0. The number of rotatable bonds is 14. The first-order valence-corrected chi connectivity index (χ1v) is 14.0. The zero-order valence-corrected chi connectivity index (χ0v) is 23.4. The van der Waals surface area contributed by atoms with Crippen molar-refractivity contribution in [3.05, 3.63) is 53.1 Å². The molecule has 2 heterocycles. The second kappa shape index (κ2) is 13.8. The largest absolute Gasteiger partial charge is 0.496 e. The summed E-state index contributed by atoms with van der Waals surface area (Å²) in [6.45, 7) is 3.82. The number of hydrogen-bond acceptors (Lipinski definition) is 8. The van der Waals surface area contributed by atoms with Gasteiger partial charge in [-0.3, -0.25) is 14.5 Å². The molecule has 4 rings (SSSR count). The molecule has 1 amide bonds. The lowest BCUT2D eigenvalue weighted by atomic mass is 9.82. The molecule has 1 saturated heterocycles. The van der Waals surface area contributed by atoms with Crippen LogP contribution >= 0.6 is 0 Å². The van der Waals surface area contributed by atoms with Gasteiger partial charge >= 0.3 is 5.97 Å². The van der Waals surface area contributed by atoms with Crippen LogP contribution in [-0.2, 0) is 22.6 Å². The third kappa shape index (κ3) is 6.51. The van der Waals surface area contributed by atoms with Gasteiger partial charge in [-0.2, -0.15) is 0 Å². The number of amides is 1. The van der Waals surface area contributed by atoms with Crippen molar-refractivity contribution >= 4 is 11.9 Å². The van der Waals surface area contributed by atoms with Crippen LogP contribution in [-0.4, -0.2) is 84.6 Å². The molecule has 3 atom stereocenters. The molecule has 2 aliphatic heterocycles. The maximum Gasteiger partial charge on any atom is 0.308 e. The van der Waals surface area contributed by atoms with E-state index in [4.69, 9.17) is 19.9 Å². The van der Waals surface area contributed by atoms with Crippen molar-refractivity contribution in [2.45, 2.75) is 51.2 Å². The fourth-order valence-corrected chi connectivity index (χ4v) is 5.98. The number of benzene rings is 2. The molecule has 1 fully saturated rings. The highest BCUT2D eigenvalue weighted by atomic mass is 16.7. The van der Waals surface area contributed by atoms with Crippen LogP contribution in [0, 0.1) is 5.92 Å². The lowest BCUT2D eigenvalue weighted by molar-refractivity contribution is -0.143. The summed E-state index contributed by atoms with van der Waals surface area (Å²) in [5, 5.41) is 20.5. The SMILES string of the molecule is CCCCN(CCN)C(=O)CN1C[C@H](c2cc(CO)c3c(c2)OCO3)[C@@H](C(=O)O)[C@@H]1CCc1ccccc1OC. The molecule has 10 heteroatoms. The van der Waals surface area contributed by atoms with E-state index in [1.165, 1.54) is 0 Å². The van der Waals surface area contributed by atoms with Crippen LogP contribution in [0.2, 0.25) is 0 Å². The number of nitrogens with zero attached hydrogens (tertiary/aromatic N) is 2. The van der Waals surface area contributed by atoms with E-state index in [9.17, 15) is 19.8 Å². The normalized spacial score (nSPS) is 20.1. The molecule has 0 aliphatic carbocycles. The van der Waals surface area contributed by atoms with Crippen molar-refractivity contribution in [2.24, 2.45) is 11.7 Å². The number of carboxylic acid groups (broad SMARTS) is 1. The number of ether oxygens (including phenoxy) is 3. The molecule has 0 spiro atoms. The fraction of sp³-hybridized carbons (Fsp3) is 0.533. The Morgan fingerprint density at radius 1 is 1.18 bits per heavy atom. The molecule has 0 bridgehead atoms. The number of likely N-dealkylation sites (tertiary alicyclic amines) is 1. The Bertz CT molecular complexity index is 1170. The van der Waals surface area contributed by atoms with Gasteiger partial charge in [-0.1, -0.05) is 31.5 Å². The minimum atomic E-state index is -0.919. The van der Waals surface area contributed by atoms with Crippen molar-refractivity contribution in [1.82, 2.24) is 9.80 Å². The number of unbranched alkanes of at least 4 members (excludes halogenated alkanes) is 1. The van der Waals surface area contributed by atoms with Crippen LogP contribution in [0.4, 0.5) is 0 Å². The van der Waals surface area contributed by atoms with Crippen molar-refractivity contribution in [1.29, 1.82) is 0 Å². The number of aliphatic hydroxyl groups excluding tert-OH is 1. The average Bonchev–Trinajstić information content (AvgIpc) is 3.58. The Balaban J connectivity index is 1.66. The number of para-hydroxylation sites is 1. The van der Waals surface area contributed by atoms with Gasteiger partial charge in [0, 0.05) is 43.7 Å². The van der Waals surface area contributed by atoms with Gasteiger partial charge in [0.2, 0.25) is 12.7 Å². The van der Waals surface area contributed by atoms with E-state index in [0.29, 0.717) is 56.1 Å². The van der Waals surface area contributed by atoms with Gasteiger partial charge in [0.15, 0.2) is 11.5 Å². The quantitative estimate of drug-likeness (QED) is 0.321. The molecule has 10 nitrogen and oxygen atoms in total. The molecule has 2 aromatic rings. The number of fused-ring (bicyclic) bond motifs is 1. The molecular weight excluding hydrogens is 514 g/mol. The molecule has 2 aliphatic rings. The van der Waals surface area contributed by atoms with Crippen molar-refractivity contribution < 1.29 is 34.0 Å². The van der Waals surface area contributed by atoms with Gasteiger partial charge in [-0.05, 0) is 48.6 Å². The van der Waals surface area contributed by atoms with Crippen LogP contribution in [0.5, 0.6) is 17.2 Å². The summed E-state index contributed by atoms with van der Waals surface area (Å²) in [6.07, 6.45) is 2.97. The number of aryl methyl sites for hydroxylation is 1. The van der Waals surface area contributed by atoms with E-state index in [0.717, 1.165) is 29.7 Å². The van der Waals surface area contributed by atoms with E-state index in [1.807, 2.05) is 35.2 Å². The first-order chi connectivity index (χ1) is 19.4. The summed E-state index contributed by atoms with van der Waals surface area (Å²) in [5.74, 6) is -0.405. The Kier molecular flexibility index (Phi) is 10.2. The van der Waals surface area contributed by atoms with Crippen molar-refractivity contribution in [3.63, 3.8) is 0 Å². The van der Waals surface area contributed by atoms with Crippen LogP contribution in [0.1, 0.15) is 48.8 Å². The van der Waals surface area contributed by atoms with Crippen LogP contribution in [0.25, 0.3) is 0 Å². The molecule has 0 radical (unpaired) electrons. The zero-order valence-electron chi connectivity index (χ0n) is 23.4. The minimum absolute atomic E-state index is 0.0484. The standard InChI is InChI=1S/C30H41N3O7/c1-3-4-12-32(13-11-31)27(35)17-33-16-23(21-14-22(18-34)29-26(15-21)39-19-40-29)28(30(36)37)24(33)10-9-20-7-5-6-8-25(20)38-2/h5-8,14-15,23-24,28,34H,3-4,9-13,16-19,31H2,1-2H3,(H,36,37)/t23-,24+,28-/m1/s1. The van der Waals surface area contributed by atoms with E-state index >= 15 is 0 Å². The Morgan fingerprint density at radius 3 is 2.67 bits per heavy atom. The zero-order chi connectivity index (χ0) is 28.6. The van der Waals surface area contributed by atoms with Crippen LogP contribution in [0.3, 0.4) is 0 Å². The smallest absolute Gasteiger partial charge is 0.308 e. The number of aliphatic hydroxyl groups is 1. The van der Waals surface area contributed by atoms with Gasteiger partial charge in [0.25, 0.3) is 0 Å². The number of methoxy groups -OCH3 is 1. The fourth-order valence-electron chi connectivity index (χ4n) is 5.98. The second-order valence-corrected chi connectivity index (χ2v) is 10.4. The number of hydrogen-bond donors (Lipinski definition) is 3. The molecule has 0 unspecified atom stereocenters. The summed E-state index contributed by atoms with van der Waals surface area (Å²) in [4.78, 5) is 30.1. The predicted molar refractivity (Wildman–Crippen MR) is 150 cm³/mol. The topological polar surface area (TPSA) is 135 Å². The lowest BCUT2D eigenvalue weighted by Gasteiger charge is -2.29. The third-order valence-electron chi connectivity index (χ3n) is 7.98. The predicted octanol–water partition coefficient (Wildman–Crippen LogP) is 2.61. The van der Waals surface area contributed by atoms with Gasteiger partial charge in [0.05, 0.1) is 26.2 Å². The molecule has 2 aromatic carbocycles. The minimum Gasteiger partial charge on any atom is -0.496 e. The molecule has 4 N–H and O–H groups in total. The number of carboxylic acids is 1. The monoisotopic (exact) mass is 555 g/mol. The van der Waals surface area contributed by atoms with Gasteiger partial charge in [-0.15, -0.1) is 0 Å². The molecule has 0 saturated carbocycles. The maximum atomic E-state index is 13.5. The molecule has 218 valence electrons. The number of aliphatic carboxylic acids is 1. The molecule has 40 heavy (non-hydrogen) atoms. The number of nitrogens with two attached hydrogens (primary N) is 1. The highest BCUT2D eigenvalue weighted by Crippen LogP contribution is 2.45. The summed E-state index contributed by atoms with van der Waals surface area (Å²) < 4.78 is 16.6. The Hall–Kier alpha value is -3.34. The molecule has 0 aromatic heterocycles. The van der Waals surface area contributed by atoms with Crippen LogP contribution < -0.4 is 19.9 Å². The van der Waals surface area contributed by atoms with Crippen molar-refractivity contribution in [3.8, 4) is 17.2 Å². The third-order valence-corrected chi connectivity index (χ3v) is 7.98. The summed E-state index contributed by atoms with van der Waals surface area (Å²) in [5.41, 5.74) is 8.11. The van der Waals surface area contributed by atoms with E-state index < -0.39 is 23.8 Å². The average molecular weight is 556 g/mol. The number of carbonyl (C=O) groups excluding carboxylic acids is 1. The van der Waals surface area contributed by atoms with Gasteiger partial charge < -0.3 is 35.1 Å². The second-order valence-electron chi connectivity index (χ2n) is 10.4. The Morgan fingerprint density at radius 2 is 1.98 bits per heavy atom. The summed E-state index contributed by atoms with van der Waals surface area (Å²) in [6, 6.07) is 10.9. The molecular formula is C30H41N3O7. The van der Waals surface area contributed by atoms with Crippen molar-refractivity contribution in [2.75, 3.05) is 46.6 Å².